The SMILES string of the molecule is CCC1CNC1.O=C(O)C(F)(F)F. The van der Waals surface area contributed by atoms with Crippen LogP contribution in [0.5, 0.6) is 0 Å². The molecule has 1 rings (SSSR count). The summed E-state index contributed by atoms with van der Waals surface area (Å²) in [6, 6.07) is 0. The molecule has 0 aliphatic carbocycles. The Morgan fingerprint density at radius 3 is 1.92 bits per heavy atom. The van der Waals surface area contributed by atoms with Crippen molar-refractivity contribution in [2.75, 3.05) is 13.1 Å². The largest absolute Gasteiger partial charge is 0.490 e. The lowest BCUT2D eigenvalue weighted by Crippen LogP contribution is -2.41. The second-order valence-corrected chi connectivity index (χ2v) is 2.74. The molecule has 0 unspecified atom stereocenters. The van der Waals surface area contributed by atoms with E-state index in [1.165, 1.54) is 19.5 Å². The van der Waals surface area contributed by atoms with Crippen LogP contribution in [0.2, 0.25) is 0 Å². The summed E-state index contributed by atoms with van der Waals surface area (Å²) < 4.78 is 31.7. The maximum absolute atomic E-state index is 10.6. The van der Waals surface area contributed by atoms with Gasteiger partial charge in [-0.1, -0.05) is 13.3 Å². The van der Waals surface area contributed by atoms with Crippen LogP contribution in [0.25, 0.3) is 0 Å². The first-order chi connectivity index (χ1) is 5.88. The molecule has 1 fully saturated rings. The molecule has 3 nitrogen and oxygen atoms in total. The van der Waals surface area contributed by atoms with Crippen molar-refractivity contribution in [2.24, 2.45) is 5.92 Å². The van der Waals surface area contributed by atoms with Gasteiger partial charge in [0, 0.05) is 0 Å². The van der Waals surface area contributed by atoms with Gasteiger partial charge in [-0.2, -0.15) is 13.2 Å². The number of aliphatic carboxylic acids is 1. The van der Waals surface area contributed by atoms with Crippen molar-refractivity contribution in [1.29, 1.82) is 0 Å². The minimum atomic E-state index is -5.08. The van der Waals surface area contributed by atoms with Crippen LogP contribution in [-0.4, -0.2) is 30.3 Å². The van der Waals surface area contributed by atoms with E-state index >= 15 is 0 Å². The van der Waals surface area contributed by atoms with Gasteiger partial charge in [0.15, 0.2) is 0 Å². The van der Waals surface area contributed by atoms with Gasteiger partial charge in [0.2, 0.25) is 0 Å². The normalized spacial score (nSPS) is 16.9. The first kappa shape index (κ1) is 12.2. The van der Waals surface area contributed by atoms with Crippen LogP contribution < -0.4 is 5.32 Å². The summed E-state index contributed by atoms with van der Waals surface area (Å²) >= 11 is 0. The van der Waals surface area contributed by atoms with E-state index in [0.29, 0.717) is 0 Å². The molecule has 1 aliphatic heterocycles. The summed E-state index contributed by atoms with van der Waals surface area (Å²) in [5, 5.41) is 10.3. The van der Waals surface area contributed by atoms with Gasteiger partial charge in [-0.05, 0) is 19.0 Å². The Morgan fingerprint density at radius 2 is 1.92 bits per heavy atom. The van der Waals surface area contributed by atoms with Crippen molar-refractivity contribution in [3.63, 3.8) is 0 Å². The minimum absolute atomic E-state index is 1.00. The second-order valence-electron chi connectivity index (χ2n) is 2.74. The van der Waals surface area contributed by atoms with Gasteiger partial charge in [-0.25, -0.2) is 4.79 Å². The fourth-order valence-corrected chi connectivity index (χ4v) is 0.637. The van der Waals surface area contributed by atoms with Crippen LogP contribution in [0.3, 0.4) is 0 Å². The molecule has 0 saturated carbocycles. The maximum atomic E-state index is 10.6. The lowest BCUT2D eigenvalue weighted by molar-refractivity contribution is -0.192. The third-order valence-corrected chi connectivity index (χ3v) is 1.69. The number of hydrogen-bond acceptors (Lipinski definition) is 2. The number of carboxylic acids is 1. The summed E-state index contributed by atoms with van der Waals surface area (Å²) in [7, 11) is 0. The third-order valence-electron chi connectivity index (χ3n) is 1.69. The van der Waals surface area contributed by atoms with E-state index in [-0.39, 0.29) is 0 Å². The van der Waals surface area contributed by atoms with Gasteiger partial charge < -0.3 is 10.4 Å². The molecule has 2 N–H and O–H groups in total. The number of rotatable bonds is 1. The van der Waals surface area contributed by atoms with Gasteiger partial charge in [0.05, 0.1) is 0 Å². The van der Waals surface area contributed by atoms with Crippen LogP contribution in [0, 0.1) is 5.92 Å². The quantitative estimate of drug-likeness (QED) is 0.668. The molecular weight excluding hydrogens is 187 g/mol. The van der Waals surface area contributed by atoms with E-state index in [1.54, 1.807) is 0 Å². The Labute approximate surface area is 73.9 Å². The second kappa shape index (κ2) is 5.06. The molecule has 1 saturated heterocycles. The summed E-state index contributed by atoms with van der Waals surface area (Å²) in [6.45, 7) is 4.76. The molecule has 0 bridgehead atoms. The highest BCUT2D eigenvalue weighted by molar-refractivity contribution is 5.73. The van der Waals surface area contributed by atoms with E-state index in [9.17, 15) is 13.2 Å². The van der Waals surface area contributed by atoms with Gasteiger partial charge in [0.1, 0.15) is 0 Å². The fraction of sp³-hybridized carbons (Fsp3) is 0.857. The van der Waals surface area contributed by atoms with E-state index in [2.05, 4.69) is 12.2 Å². The topological polar surface area (TPSA) is 49.3 Å². The van der Waals surface area contributed by atoms with Crippen molar-refractivity contribution in [2.45, 2.75) is 19.5 Å². The summed E-state index contributed by atoms with van der Waals surface area (Å²) in [5.74, 6) is -1.75. The molecule has 1 aliphatic rings. The van der Waals surface area contributed by atoms with Crippen LogP contribution in [0.1, 0.15) is 13.3 Å². The molecule has 78 valence electrons. The summed E-state index contributed by atoms with van der Waals surface area (Å²) in [6.07, 6.45) is -3.73. The molecule has 1 heterocycles. The zero-order valence-electron chi connectivity index (χ0n) is 7.19. The Hall–Kier alpha value is -0.780. The number of halogens is 3. The number of alkyl halides is 3. The molecule has 0 atom stereocenters. The lowest BCUT2D eigenvalue weighted by Gasteiger charge is -2.25. The summed E-state index contributed by atoms with van der Waals surface area (Å²) in [5.41, 5.74) is 0. The number of carboxylic acid groups (broad SMARTS) is 1. The van der Waals surface area contributed by atoms with Gasteiger partial charge in [0.25, 0.3) is 0 Å². The molecule has 13 heavy (non-hydrogen) atoms. The smallest absolute Gasteiger partial charge is 0.475 e. The average Bonchev–Trinajstić information content (AvgIpc) is 1.83. The van der Waals surface area contributed by atoms with Crippen molar-refractivity contribution in [1.82, 2.24) is 5.32 Å². The first-order valence-electron chi connectivity index (χ1n) is 3.88. The van der Waals surface area contributed by atoms with Crippen LogP contribution in [0.4, 0.5) is 13.2 Å². The molecule has 0 spiro atoms. The van der Waals surface area contributed by atoms with Crippen molar-refractivity contribution in [3.8, 4) is 0 Å². The van der Waals surface area contributed by atoms with E-state index in [4.69, 9.17) is 9.90 Å². The van der Waals surface area contributed by atoms with Gasteiger partial charge in [-0.3, -0.25) is 0 Å². The Balaban J connectivity index is 0.000000223. The number of nitrogens with one attached hydrogen (secondary N) is 1. The molecule has 0 aromatic rings. The highest BCUT2D eigenvalue weighted by atomic mass is 19.4. The standard InChI is InChI=1S/C5H11N.C2HF3O2/c1-2-5-3-6-4-5;3-2(4,5)1(6)7/h5-6H,2-4H2,1H3;(H,6,7). The Morgan fingerprint density at radius 1 is 1.54 bits per heavy atom. The molecule has 6 heteroatoms. The van der Waals surface area contributed by atoms with Crippen LogP contribution >= 0.6 is 0 Å². The maximum Gasteiger partial charge on any atom is 0.490 e. The zero-order valence-corrected chi connectivity index (χ0v) is 7.19. The highest BCUT2D eigenvalue weighted by Gasteiger charge is 2.38. The number of carbonyl (C=O) groups is 1. The van der Waals surface area contributed by atoms with Crippen molar-refractivity contribution < 1.29 is 23.1 Å². The molecule has 0 amide bonds. The highest BCUT2D eigenvalue weighted by Crippen LogP contribution is 2.13. The van der Waals surface area contributed by atoms with E-state index in [1.807, 2.05) is 0 Å². The van der Waals surface area contributed by atoms with E-state index in [0.717, 1.165) is 5.92 Å². The van der Waals surface area contributed by atoms with Gasteiger partial charge in [-0.15, -0.1) is 0 Å². The molecule has 0 aromatic heterocycles. The molecule has 0 aromatic carbocycles. The van der Waals surface area contributed by atoms with Crippen LogP contribution in [-0.2, 0) is 4.79 Å². The average molecular weight is 199 g/mol. The fourth-order valence-electron chi connectivity index (χ4n) is 0.637. The predicted molar refractivity (Wildman–Crippen MR) is 40.3 cm³/mol. The predicted octanol–water partition coefficient (Wildman–Crippen LogP) is 1.25. The zero-order chi connectivity index (χ0) is 10.5. The van der Waals surface area contributed by atoms with Crippen molar-refractivity contribution in [3.05, 3.63) is 0 Å². The van der Waals surface area contributed by atoms with E-state index < -0.39 is 12.1 Å². The monoisotopic (exact) mass is 199 g/mol. The Bertz CT molecular complexity index is 163. The summed E-state index contributed by atoms with van der Waals surface area (Å²) in [4.78, 5) is 8.90. The van der Waals surface area contributed by atoms with Gasteiger partial charge >= 0.3 is 12.1 Å². The number of hydrogen-bond donors (Lipinski definition) is 2. The Kier molecular flexibility index (Phi) is 4.76. The van der Waals surface area contributed by atoms with Crippen molar-refractivity contribution >= 4 is 5.97 Å². The third kappa shape index (κ3) is 5.46. The lowest BCUT2D eigenvalue weighted by atomic mass is 10.0. The van der Waals surface area contributed by atoms with Crippen LogP contribution in [0.15, 0.2) is 0 Å². The minimum Gasteiger partial charge on any atom is -0.475 e. The molecular formula is C7H12F3NO2. The molecule has 0 radical (unpaired) electrons. The first-order valence-corrected chi connectivity index (χ1v) is 3.88.